The maximum absolute atomic E-state index is 12.8. The minimum Gasteiger partial charge on any atom is -0.389 e. The fraction of sp³-hybridized carbons (Fsp3) is 0. The average Bonchev–Trinajstić information content (AvgIpc) is 2.41. The molecule has 0 radical (unpaired) electrons. The molecule has 0 saturated heterocycles. The molecule has 4 nitrogen and oxygen atoms in total. The molecule has 2 aromatic rings. The number of hydrogen-bond donors (Lipinski definition) is 3. The first kappa shape index (κ1) is 14.0. The minimum absolute atomic E-state index is 0.197. The van der Waals surface area contributed by atoms with Gasteiger partial charge in [0.1, 0.15) is 10.8 Å². The molecule has 102 valence electrons. The monoisotopic (exact) mass is 289 g/mol. The van der Waals surface area contributed by atoms with Crippen molar-refractivity contribution in [2.75, 3.05) is 10.6 Å². The van der Waals surface area contributed by atoms with Gasteiger partial charge in [-0.15, -0.1) is 0 Å². The van der Waals surface area contributed by atoms with E-state index in [2.05, 4.69) is 10.6 Å². The summed E-state index contributed by atoms with van der Waals surface area (Å²) in [5.74, 6) is -0.366. The van der Waals surface area contributed by atoms with Crippen molar-refractivity contribution in [1.29, 1.82) is 0 Å². The molecular formula is C14H12FN3OS. The molecule has 6 heteroatoms. The fourth-order valence-corrected chi connectivity index (χ4v) is 1.80. The molecule has 20 heavy (non-hydrogen) atoms. The molecule has 0 unspecified atom stereocenters. The topological polar surface area (TPSA) is 67.1 Å². The molecule has 0 bridgehead atoms. The van der Waals surface area contributed by atoms with E-state index in [1.54, 1.807) is 24.3 Å². The van der Waals surface area contributed by atoms with Crippen LogP contribution in [0.25, 0.3) is 0 Å². The molecule has 2 rings (SSSR count). The number of amides is 2. The molecule has 0 aromatic heterocycles. The second-order valence-electron chi connectivity index (χ2n) is 4.00. The number of halogens is 1. The van der Waals surface area contributed by atoms with Crippen LogP contribution in [0.1, 0.15) is 5.56 Å². The quantitative estimate of drug-likeness (QED) is 0.761. The highest BCUT2D eigenvalue weighted by Gasteiger charge is 2.08. The lowest BCUT2D eigenvalue weighted by atomic mass is 10.2. The Labute approximate surface area is 120 Å². The highest BCUT2D eigenvalue weighted by atomic mass is 32.1. The molecule has 0 saturated carbocycles. The number of anilines is 2. The Hall–Kier alpha value is -2.47. The lowest BCUT2D eigenvalue weighted by Gasteiger charge is -2.11. The van der Waals surface area contributed by atoms with Crippen molar-refractivity contribution in [1.82, 2.24) is 0 Å². The smallest absolute Gasteiger partial charge is 0.323 e. The van der Waals surface area contributed by atoms with Crippen LogP contribution in [-0.4, -0.2) is 11.0 Å². The molecule has 0 spiro atoms. The van der Waals surface area contributed by atoms with Crippen LogP contribution >= 0.6 is 12.2 Å². The molecule has 0 aliphatic heterocycles. The molecule has 0 heterocycles. The molecule has 2 aromatic carbocycles. The summed E-state index contributed by atoms with van der Waals surface area (Å²) in [6, 6.07) is 11.9. The van der Waals surface area contributed by atoms with Gasteiger partial charge in [-0.1, -0.05) is 24.4 Å². The van der Waals surface area contributed by atoms with Crippen LogP contribution in [0, 0.1) is 5.82 Å². The number of urea groups is 1. The summed E-state index contributed by atoms with van der Waals surface area (Å²) >= 11 is 4.91. The zero-order valence-corrected chi connectivity index (χ0v) is 11.2. The molecule has 0 aliphatic rings. The predicted octanol–water partition coefficient (Wildman–Crippen LogP) is 3.10. The summed E-state index contributed by atoms with van der Waals surface area (Å²) in [5, 5.41) is 5.23. The lowest BCUT2D eigenvalue weighted by molar-refractivity contribution is 0.262. The van der Waals surface area contributed by atoms with Crippen LogP contribution in [0.5, 0.6) is 0 Å². The van der Waals surface area contributed by atoms with E-state index >= 15 is 0 Å². The van der Waals surface area contributed by atoms with Crippen molar-refractivity contribution in [2.45, 2.75) is 0 Å². The first-order valence-electron chi connectivity index (χ1n) is 5.78. The van der Waals surface area contributed by atoms with E-state index in [1.165, 1.54) is 24.3 Å². The van der Waals surface area contributed by atoms with Gasteiger partial charge in [-0.25, -0.2) is 9.18 Å². The number of para-hydroxylation sites is 1. The van der Waals surface area contributed by atoms with Crippen molar-refractivity contribution < 1.29 is 9.18 Å². The van der Waals surface area contributed by atoms with Crippen molar-refractivity contribution in [3.05, 3.63) is 59.9 Å². The fourth-order valence-electron chi connectivity index (χ4n) is 1.62. The number of hydrogen-bond acceptors (Lipinski definition) is 2. The third kappa shape index (κ3) is 3.52. The van der Waals surface area contributed by atoms with E-state index in [4.69, 9.17) is 18.0 Å². The standard InChI is InChI=1S/C14H12FN3OS/c15-9-5-7-10(8-6-9)17-14(19)18-12-4-2-1-3-11(12)13(16)20/h1-8H,(H2,16,20)(H2,17,18,19). The highest BCUT2D eigenvalue weighted by molar-refractivity contribution is 7.80. The average molecular weight is 289 g/mol. The van der Waals surface area contributed by atoms with Gasteiger partial charge in [0.05, 0.1) is 5.69 Å². The largest absolute Gasteiger partial charge is 0.389 e. The normalized spacial score (nSPS) is 9.85. The van der Waals surface area contributed by atoms with Crippen molar-refractivity contribution in [3.63, 3.8) is 0 Å². The molecule has 2 amide bonds. The molecule has 0 atom stereocenters. The second-order valence-corrected chi connectivity index (χ2v) is 4.44. The van der Waals surface area contributed by atoms with Gasteiger partial charge in [-0.05, 0) is 36.4 Å². The van der Waals surface area contributed by atoms with Crippen LogP contribution in [0.2, 0.25) is 0 Å². The van der Waals surface area contributed by atoms with Crippen LogP contribution in [0.3, 0.4) is 0 Å². The molecule has 0 fully saturated rings. The number of thiocarbonyl (C=S) groups is 1. The first-order chi connectivity index (χ1) is 9.56. The van der Waals surface area contributed by atoms with Gasteiger partial charge in [0.2, 0.25) is 0 Å². The Morgan fingerprint density at radius 1 is 1.05 bits per heavy atom. The third-order valence-corrected chi connectivity index (χ3v) is 2.76. The van der Waals surface area contributed by atoms with Gasteiger partial charge < -0.3 is 16.4 Å². The summed E-state index contributed by atoms with van der Waals surface area (Å²) in [6.45, 7) is 0. The summed E-state index contributed by atoms with van der Waals surface area (Å²) in [6.07, 6.45) is 0. The van der Waals surface area contributed by atoms with Gasteiger partial charge in [-0.3, -0.25) is 0 Å². The zero-order valence-electron chi connectivity index (χ0n) is 10.4. The van der Waals surface area contributed by atoms with Crippen LogP contribution in [0.4, 0.5) is 20.6 Å². The van der Waals surface area contributed by atoms with Crippen LogP contribution in [-0.2, 0) is 0 Å². The Kier molecular flexibility index (Phi) is 4.27. The number of carbonyl (C=O) groups is 1. The maximum Gasteiger partial charge on any atom is 0.323 e. The SMILES string of the molecule is NC(=S)c1ccccc1NC(=O)Nc1ccc(F)cc1. The van der Waals surface area contributed by atoms with Crippen LogP contribution < -0.4 is 16.4 Å². The number of benzene rings is 2. The van der Waals surface area contributed by atoms with E-state index in [0.717, 1.165) is 0 Å². The van der Waals surface area contributed by atoms with E-state index < -0.39 is 6.03 Å². The zero-order chi connectivity index (χ0) is 14.5. The summed E-state index contributed by atoms with van der Waals surface area (Å²) in [4.78, 5) is 12.0. The van der Waals surface area contributed by atoms with Gasteiger partial charge >= 0.3 is 6.03 Å². The van der Waals surface area contributed by atoms with E-state index in [1.807, 2.05) is 0 Å². The van der Waals surface area contributed by atoms with Gasteiger partial charge in [0.25, 0.3) is 0 Å². The summed E-state index contributed by atoms with van der Waals surface area (Å²) in [5.41, 5.74) is 7.15. The molecule has 0 aliphatic carbocycles. The summed E-state index contributed by atoms with van der Waals surface area (Å²) < 4.78 is 12.8. The predicted molar refractivity (Wildman–Crippen MR) is 81.4 cm³/mol. The van der Waals surface area contributed by atoms with Crippen molar-refractivity contribution >= 4 is 34.6 Å². The minimum atomic E-state index is -0.458. The number of nitrogens with one attached hydrogen (secondary N) is 2. The molecular weight excluding hydrogens is 277 g/mol. The molecule has 4 N–H and O–H groups in total. The van der Waals surface area contributed by atoms with E-state index in [0.29, 0.717) is 16.9 Å². The Morgan fingerprint density at radius 3 is 2.35 bits per heavy atom. The number of nitrogens with two attached hydrogens (primary N) is 1. The highest BCUT2D eigenvalue weighted by Crippen LogP contribution is 2.15. The van der Waals surface area contributed by atoms with Gasteiger partial charge in [0.15, 0.2) is 0 Å². The first-order valence-corrected chi connectivity index (χ1v) is 6.19. The number of carbonyl (C=O) groups excluding carboxylic acids is 1. The Balaban J connectivity index is 2.08. The lowest BCUT2D eigenvalue weighted by Crippen LogP contribution is -2.22. The summed E-state index contributed by atoms with van der Waals surface area (Å²) in [7, 11) is 0. The van der Waals surface area contributed by atoms with Crippen molar-refractivity contribution in [2.24, 2.45) is 5.73 Å². The van der Waals surface area contributed by atoms with Crippen molar-refractivity contribution in [3.8, 4) is 0 Å². The Bertz CT molecular complexity index is 643. The van der Waals surface area contributed by atoms with Gasteiger partial charge in [0, 0.05) is 11.3 Å². The Morgan fingerprint density at radius 2 is 1.70 bits per heavy atom. The van der Waals surface area contributed by atoms with E-state index in [9.17, 15) is 9.18 Å². The number of rotatable bonds is 3. The van der Waals surface area contributed by atoms with E-state index in [-0.39, 0.29) is 10.8 Å². The maximum atomic E-state index is 12.8. The second kappa shape index (κ2) is 6.12. The third-order valence-electron chi connectivity index (χ3n) is 2.54. The van der Waals surface area contributed by atoms with Gasteiger partial charge in [-0.2, -0.15) is 0 Å². The van der Waals surface area contributed by atoms with Crippen LogP contribution in [0.15, 0.2) is 48.5 Å².